The first-order chi connectivity index (χ1) is 6.36. The van der Waals surface area contributed by atoms with Gasteiger partial charge in [0.25, 0.3) is 0 Å². The summed E-state index contributed by atoms with van der Waals surface area (Å²) < 4.78 is 0. The molecule has 2 rings (SSSR count). The van der Waals surface area contributed by atoms with Gasteiger partial charge in [-0.25, -0.2) is 0 Å². The summed E-state index contributed by atoms with van der Waals surface area (Å²) in [5, 5.41) is 0. The molecule has 13 heavy (non-hydrogen) atoms. The molecule has 1 fully saturated rings. The maximum Gasteiger partial charge on any atom is 0.247 e. The zero-order valence-corrected chi connectivity index (χ0v) is 7.75. The Morgan fingerprint density at radius 3 is 2.54 bits per heavy atom. The standard InChI is InChI=1S/C11H15NO/c13-11-7-6-10(8-12-11)9-4-2-1-3-5-9/h6-9H,1-5H2,(H,12,13). The van der Waals surface area contributed by atoms with Crippen LogP contribution in [0.1, 0.15) is 43.6 Å². The average Bonchev–Trinajstić information content (AvgIpc) is 2.20. The van der Waals surface area contributed by atoms with Crippen molar-refractivity contribution in [1.82, 2.24) is 4.98 Å². The van der Waals surface area contributed by atoms with Gasteiger partial charge in [0.15, 0.2) is 0 Å². The molecule has 0 bridgehead atoms. The minimum Gasteiger partial charge on any atom is -0.329 e. The summed E-state index contributed by atoms with van der Waals surface area (Å²) in [6, 6.07) is 3.60. The van der Waals surface area contributed by atoms with E-state index >= 15 is 0 Å². The van der Waals surface area contributed by atoms with Crippen LogP contribution < -0.4 is 5.56 Å². The van der Waals surface area contributed by atoms with Gasteiger partial charge in [-0.15, -0.1) is 0 Å². The van der Waals surface area contributed by atoms with E-state index in [1.807, 2.05) is 12.3 Å². The Labute approximate surface area is 78.0 Å². The highest BCUT2D eigenvalue weighted by Crippen LogP contribution is 2.31. The van der Waals surface area contributed by atoms with Gasteiger partial charge < -0.3 is 4.98 Å². The summed E-state index contributed by atoms with van der Waals surface area (Å²) in [4.78, 5) is 13.6. The van der Waals surface area contributed by atoms with E-state index in [0.717, 1.165) is 0 Å². The third-order valence-electron chi connectivity index (χ3n) is 2.88. The van der Waals surface area contributed by atoms with Crippen LogP contribution in [-0.2, 0) is 0 Å². The second-order valence-corrected chi connectivity index (χ2v) is 3.82. The Kier molecular flexibility index (Phi) is 2.48. The normalized spacial score (nSPS) is 18.8. The summed E-state index contributed by atoms with van der Waals surface area (Å²) in [6.45, 7) is 0. The molecule has 1 N–H and O–H groups in total. The molecule has 1 aliphatic rings. The van der Waals surface area contributed by atoms with Gasteiger partial charge >= 0.3 is 0 Å². The van der Waals surface area contributed by atoms with Crippen LogP contribution >= 0.6 is 0 Å². The molecule has 2 heteroatoms. The van der Waals surface area contributed by atoms with Gasteiger partial charge in [-0.3, -0.25) is 4.79 Å². The van der Waals surface area contributed by atoms with Gasteiger partial charge in [-0.2, -0.15) is 0 Å². The lowest BCUT2D eigenvalue weighted by atomic mass is 9.85. The third-order valence-corrected chi connectivity index (χ3v) is 2.88. The molecule has 1 aromatic rings. The average molecular weight is 177 g/mol. The number of H-pyrrole nitrogens is 1. The molecule has 0 amide bonds. The van der Waals surface area contributed by atoms with Crippen molar-refractivity contribution in [3.63, 3.8) is 0 Å². The van der Waals surface area contributed by atoms with Crippen LogP contribution in [0.3, 0.4) is 0 Å². The summed E-state index contributed by atoms with van der Waals surface area (Å²) in [7, 11) is 0. The number of rotatable bonds is 1. The molecule has 1 saturated carbocycles. The van der Waals surface area contributed by atoms with Crippen molar-refractivity contribution in [1.29, 1.82) is 0 Å². The van der Waals surface area contributed by atoms with Crippen molar-refractivity contribution in [3.8, 4) is 0 Å². The number of hydrogen-bond acceptors (Lipinski definition) is 1. The highest BCUT2D eigenvalue weighted by molar-refractivity contribution is 5.14. The fourth-order valence-electron chi connectivity index (χ4n) is 2.11. The van der Waals surface area contributed by atoms with Crippen LogP contribution in [0, 0.1) is 0 Å². The van der Waals surface area contributed by atoms with Crippen molar-refractivity contribution in [2.75, 3.05) is 0 Å². The Hall–Kier alpha value is -1.05. The Balaban J connectivity index is 2.14. The minimum absolute atomic E-state index is 0.000408. The monoisotopic (exact) mass is 177 g/mol. The fraction of sp³-hybridized carbons (Fsp3) is 0.545. The second kappa shape index (κ2) is 3.77. The largest absolute Gasteiger partial charge is 0.329 e. The van der Waals surface area contributed by atoms with E-state index in [4.69, 9.17) is 0 Å². The van der Waals surface area contributed by atoms with Crippen LogP contribution in [0.25, 0.3) is 0 Å². The predicted molar refractivity (Wildman–Crippen MR) is 52.9 cm³/mol. The molecule has 1 aliphatic carbocycles. The molecular weight excluding hydrogens is 162 g/mol. The molecular formula is C11H15NO. The highest BCUT2D eigenvalue weighted by Gasteiger charge is 2.14. The molecule has 0 aromatic carbocycles. The van der Waals surface area contributed by atoms with E-state index in [2.05, 4.69) is 4.98 Å². The van der Waals surface area contributed by atoms with E-state index in [0.29, 0.717) is 5.92 Å². The number of nitrogens with one attached hydrogen (secondary N) is 1. The highest BCUT2D eigenvalue weighted by atomic mass is 16.1. The van der Waals surface area contributed by atoms with E-state index < -0.39 is 0 Å². The van der Waals surface area contributed by atoms with Crippen molar-refractivity contribution in [2.24, 2.45) is 0 Å². The molecule has 0 atom stereocenters. The Morgan fingerprint density at radius 2 is 1.92 bits per heavy atom. The molecule has 1 heterocycles. The minimum atomic E-state index is -0.000408. The van der Waals surface area contributed by atoms with Crippen LogP contribution in [0.2, 0.25) is 0 Å². The smallest absolute Gasteiger partial charge is 0.247 e. The van der Waals surface area contributed by atoms with Crippen molar-refractivity contribution < 1.29 is 0 Å². The van der Waals surface area contributed by atoms with Gasteiger partial charge in [-0.1, -0.05) is 25.3 Å². The number of aromatic nitrogens is 1. The molecule has 70 valence electrons. The number of aromatic amines is 1. The van der Waals surface area contributed by atoms with Crippen molar-refractivity contribution in [2.45, 2.75) is 38.0 Å². The first-order valence-electron chi connectivity index (χ1n) is 5.05. The van der Waals surface area contributed by atoms with E-state index in [9.17, 15) is 4.79 Å². The van der Waals surface area contributed by atoms with Crippen LogP contribution in [0.4, 0.5) is 0 Å². The molecule has 2 nitrogen and oxygen atoms in total. The SMILES string of the molecule is O=c1ccc(C2CCCCC2)c[nH]1. The van der Waals surface area contributed by atoms with Crippen LogP contribution in [0.15, 0.2) is 23.1 Å². The molecule has 1 aromatic heterocycles. The predicted octanol–water partition coefficient (Wildman–Crippen LogP) is 2.42. The van der Waals surface area contributed by atoms with Gasteiger partial charge in [0.1, 0.15) is 0 Å². The molecule has 0 radical (unpaired) electrons. The number of pyridine rings is 1. The third kappa shape index (κ3) is 2.00. The first kappa shape index (κ1) is 8.54. The lowest BCUT2D eigenvalue weighted by Crippen LogP contribution is -2.08. The van der Waals surface area contributed by atoms with Gasteiger partial charge in [0, 0.05) is 12.3 Å². The maximum atomic E-state index is 10.8. The van der Waals surface area contributed by atoms with Crippen molar-refractivity contribution >= 4 is 0 Å². The summed E-state index contributed by atoms with van der Waals surface area (Å²) in [6.07, 6.45) is 8.49. The Morgan fingerprint density at radius 1 is 1.15 bits per heavy atom. The summed E-state index contributed by atoms with van der Waals surface area (Å²) in [5.41, 5.74) is 1.30. The van der Waals surface area contributed by atoms with Crippen LogP contribution in [-0.4, -0.2) is 4.98 Å². The lowest BCUT2D eigenvalue weighted by Gasteiger charge is -2.21. The first-order valence-corrected chi connectivity index (χ1v) is 5.05. The molecule has 0 saturated heterocycles. The quantitative estimate of drug-likeness (QED) is 0.702. The zero-order chi connectivity index (χ0) is 9.10. The van der Waals surface area contributed by atoms with Gasteiger partial charge in [0.05, 0.1) is 0 Å². The maximum absolute atomic E-state index is 10.8. The molecule has 0 spiro atoms. The summed E-state index contributed by atoms with van der Waals surface area (Å²) in [5.74, 6) is 0.686. The van der Waals surface area contributed by atoms with Crippen molar-refractivity contribution in [3.05, 3.63) is 34.2 Å². The van der Waals surface area contributed by atoms with E-state index in [1.165, 1.54) is 37.7 Å². The van der Waals surface area contributed by atoms with Gasteiger partial charge in [-0.05, 0) is 24.3 Å². The fourth-order valence-corrected chi connectivity index (χ4v) is 2.11. The zero-order valence-electron chi connectivity index (χ0n) is 7.75. The topological polar surface area (TPSA) is 32.9 Å². The summed E-state index contributed by atoms with van der Waals surface area (Å²) >= 11 is 0. The van der Waals surface area contributed by atoms with E-state index in [-0.39, 0.29) is 5.56 Å². The van der Waals surface area contributed by atoms with Gasteiger partial charge in [0.2, 0.25) is 5.56 Å². The molecule has 0 aliphatic heterocycles. The second-order valence-electron chi connectivity index (χ2n) is 3.82. The van der Waals surface area contributed by atoms with E-state index in [1.54, 1.807) is 6.07 Å². The molecule has 0 unspecified atom stereocenters. The number of hydrogen-bond donors (Lipinski definition) is 1. The lowest BCUT2D eigenvalue weighted by molar-refractivity contribution is 0.443. The Bertz CT molecular complexity index is 303. The van der Waals surface area contributed by atoms with Crippen LogP contribution in [0.5, 0.6) is 0 Å².